The van der Waals surface area contributed by atoms with Gasteiger partial charge in [0, 0.05) is 45.2 Å². The maximum atomic E-state index is 11.2. The number of piperazine rings is 1. The molecule has 0 saturated carbocycles. The minimum Gasteiger partial charge on any atom is -0.353 e. The third-order valence-electron chi connectivity index (χ3n) is 3.24. The molecule has 1 aliphatic heterocycles. The minimum atomic E-state index is -2.90. The Hall–Kier alpha value is -0.560. The third kappa shape index (κ3) is 4.48. The van der Waals surface area contributed by atoms with E-state index in [4.69, 9.17) is 23.2 Å². The van der Waals surface area contributed by atoms with Gasteiger partial charge >= 0.3 is 0 Å². The molecule has 20 heavy (non-hydrogen) atoms. The average Bonchev–Trinajstić information content (AvgIpc) is 2.36. The highest BCUT2D eigenvalue weighted by molar-refractivity contribution is 7.90. The molecule has 0 aromatic carbocycles. The van der Waals surface area contributed by atoms with Crippen LogP contribution in [0.2, 0.25) is 10.0 Å². The number of hydrogen-bond acceptors (Lipinski definition) is 5. The highest BCUT2D eigenvalue weighted by atomic mass is 35.5. The predicted octanol–water partition coefficient (Wildman–Crippen LogP) is 1.56. The topological polar surface area (TPSA) is 53.5 Å². The SMILES string of the molecule is CS(=O)(=O)CCN1CCN(c2ncc(Cl)cc2Cl)CC1. The van der Waals surface area contributed by atoms with E-state index in [9.17, 15) is 8.42 Å². The molecular weight excluding hydrogens is 321 g/mol. The van der Waals surface area contributed by atoms with Gasteiger partial charge in [-0.2, -0.15) is 0 Å². The summed E-state index contributed by atoms with van der Waals surface area (Å²) in [6.45, 7) is 3.73. The molecule has 0 N–H and O–H groups in total. The molecule has 0 radical (unpaired) electrons. The molecule has 1 fully saturated rings. The van der Waals surface area contributed by atoms with Crippen LogP contribution in [0.25, 0.3) is 0 Å². The number of nitrogens with zero attached hydrogens (tertiary/aromatic N) is 3. The summed E-state index contributed by atoms with van der Waals surface area (Å²) in [5, 5.41) is 1.06. The van der Waals surface area contributed by atoms with E-state index in [0.717, 1.165) is 32.0 Å². The Morgan fingerprint density at radius 2 is 1.90 bits per heavy atom. The first kappa shape index (κ1) is 15.8. The van der Waals surface area contributed by atoms with E-state index in [-0.39, 0.29) is 5.75 Å². The Labute approximate surface area is 129 Å². The highest BCUT2D eigenvalue weighted by Gasteiger charge is 2.20. The molecule has 1 saturated heterocycles. The number of rotatable bonds is 4. The zero-order valence-corrected chi connectivity index (χ0v) is 13.5. The lowest BCUT2D eigenvalue weighted by atomic mass is 10.3. The fourth-order valence-electron chi connectivity index (χ4n) is 2.12. The molecule has 0 aliphatic carbocycles. The lowest BCUT2D eigenvalue weighted by Gasteiger charge is -2.35. The van der Waals surface area contributed by atoms with E-state index in [1.165, 1.54) is 6.26 Å². The van der Waals surface area contributed by atoms with Gasteiger partial charge in [0.25, 0.3) is 0 Å². The number of hydrogen-bond donors (Lipinski definition) is 0. The van der Waals surface area contributed by atoms with Gasteiger partial charge in [-0.05, 0) is 6.07 Å². The normalized spacial score (nSPS) is 17.4. The summed E-state index contributed by atoms with van der Waals surface area (Å²) in [5.41, 5.74) is 0. The monoisotopic (exact) mass is 337 g/mol. The van der Waals surface area contributed by atoms with Crippen molar-refractivity contribution in [1.29, 1.82) is 0 Å². The molecule has 1 aromatic heterocycles. The zero-order valence-electron chi connectivity index (χ0n) is 11.2. The molecule has 2 rings (SSSR count). The molecule has 8 heteroatoms. The van der Waals surface area contributed by atoms with Crippen LogP contribution in [0.4, 0.5) is 5.82 Å². The number of anilines is 1. The van der Waals surface area contributed by atoms with Gasteiger partial charge in [-0.25, -0.2) is 13.4 Å². The van der Waals surface area contributed by atoms with Crippen LogP contribution in [0, 0.1) is 0 Å². The van der Waals surface area contributed by atoms with Gasteiger partial charge in [0.15, 0.2) is 0 Å². The average molecular weight is 338 g/mol. The van der Waals surface area contributed by atoms with Crippen LogP contribution >= 0.6 is 23.2 Å². The molecule has 5 nitrogen and oxygen atoms in total. The summed E-state index contributed by atoms with van der Waals surface area (Å²) >= 11 is 12.0. The lowest BCUT2D eigenvalue weighted by Crippen LogP contribution is -2.48. The fraction of sp³-hybridized carbons (Fsp3) is 0.583. The van der Waals surface area contributed by atoms with E-state index in [1.54, 1.807) is 12.3 Å². The standard InChI is InChI=1S/C12H17Cl2N3O2S/c1-20(18,19)7-6-16-2-4-17(5-3-16)12-11(14)8-10(13)9-15-12/h8-9H,2-7H2,1H3. The van der Waals surface area contributed by atoms with Gasteiger partial charge in [0.1, 0.15) is 15.7 Å². The van der Waals surface area contributed by atoms with Gasteiger partial charge < -0.3 is 4.90 Å². The second kappa shape index (κ2) is 6.47. The molecular formula is C12H17Cl2N3O2S. The van der Waals surface area contributed by atoms with Crippen LogP contribution in [0.3, 0.4) is 0 Å². The van der Waals surface area contributed by atoms with Crippen molar-refractivity contribution in [3.8, 4) is 0 Å². The number of sulfone groups is 1. The number of pyridine rings is 1. The van der Waals surface area contributed by atoms with Gasteiger partial charge in [0.2, 0.25) is 0 Å². The van der Waals surface area contributed by atoms with Crippen LogP contribution in [0.1, 0.15) is 0 Å². The Morgan fingerprint density at radius 1 is 1.25 bits per heavy atom. The molecule has 1 aromatic rings. The largest absolute Gasteiger partial charge is 0.353 e. The molecule has 0 bridgehead atoms. The van der Waals surface area contributed by atoms with E-state index >= 15 is 0 Å². The van der Waals surface area contributed by atoms with Crippen molar-refractivity contribution in [3.05, 3.63) is 22.3 Å². The van der Waals surface area contributed by atoms with Crippen molar-refractivity contribution in [2.24, 2.45) is 0 Å². The summed E-state index contributed by atoms with van der Waals surface area (Å²) in [4.78, 5) is 8.49. The lowest BCUT2D eigenvalue weighted by molar-refractivity contribution is 0.271. The number of aromatic nitrogens is 1. The minimum absolute atomic E-state index is 0.201. The Balaban J connectivity index is 1.91. The van der Waals surface area contributed by atoms with Crippen LogP contribution < -0.4 is 4.90 Å². The number of halogens is 2. The smallest absolute Gasteiger partial charge is 0.148 e. The van der Waals surface area contributed by atoms with Crippen molar-refractivity contribution in [1.82, 2.24) is 9.88 Å². The van der Waals surface area contributed by atoms with E-state index in [2.05, 4.69) is 14.8 Å². The van der Waals surface area contributed by atoms with Crippen LogP contribution in [0.15, 0.2) is 12.3 Å². The second-order valence-electron chi connectivity index (χ2n) is 4.92. The molecule has 0 spiro atoms. The van der Waals surface area contributed by atoms with Gasteiger partial charge in [-0.1, -0.05) is 23.2 Å². The van der Waals surface area contributed by atoms with Gasteiger partial charge in [-0.3, -0.25) is 4.90 Å². The van der Waals surface area contributed by atoms with E-state index < -0.39 is 9.84 Å². The summed E-state index contributed by atoms with van der Waals surface area (Å²) in [7, 11) is -2.90. The molecule has 0 amide bonds. The third-order valence-corrected chi connectivity index (χ3v) is 4.65. The van der Waals surface area contributed by atoms with Crippen molar-refractivity contribution in [3.63, 3.8) is 0 Å². The van der Waals surface area contributed by atoms with E-state index in [0.29, 0.717) is 16.6 Å². The highest BCUT2D eigenvalue weighted by Crippen LogP contribution is 2.26. The summed E-state index contributed by atoms with van der Waals surface area (Å²) in [5.74, 6) is 0.936. The van der Waals surface area contributed by atoms with Crippen LogP contribution in [0.5, 0.6) is 0 Å². The fourth-order valence-corrected chi connectivity index (χ4v) is 3.21. The summed E-state index contributed by atoms with van der Waals surface area (Å²) in [6.07, 6.45) is 2.85. The van der Waals surface area contributed by atoms with E-state index in [1.807, 2.05) is 0 Å². The Bertz CT molecular complexity index is 572. The zero-order chi connectivity index (χ0) is 14.8. The first-order valence-corrected chi connectivity index (χ1v) is 9.13. The quantitative estimate of drug-likeness (QED) is 0.834. The molecule has 1 aliphatic rings. The van der Waals surface area contributed by atoms with Crippen LogP contribution in [-0.4, -0.2) is 63.0 Å². The predicted molar refractivity (Wildman–Crippen MR) is 82.6 cm³/mol. The maximum Gasteiger partial charge on any atom is 0.148 e. The van der Waals surface area contributed by atoms with Crippen LogP contribution in [-0.2, 0) is 9.84 Å². The van der Waals surface area contributed by atoms with Gasteiger partial charge in [-0.15, -0.1) is 0 Å². The molecule has 112 valence electrons. The molecule has 2 heterocycles. The van der Waals surface area contributed by atoms with Crippen molar-refractivity contribution < 1.29 is 8.42 Å². The summed E-state index contributed by atoms with van der Waals surface area (Å²) in [6, 6.07) is 1.68. The Morgan fingerprint density at radius 3 is 2.45 bits per heavy atom. The first-order valence-electron chi connectivity index (χ1n) is 6.31. The van der Waals surface area contributed by atoms with Crippen molar-refractivity contribution in [2.45, 2.75) is 0 Å². The van der Waals surface area contributed by atoms with Crippen molar-refractivity contribution >= 4 is 38.9 Å². The van der Waals surface area contributed by atoms with Crippen molar-refractivity contribution in [2.75, 3.05) is 49.6 Å². The first-order chi connectivity index (χ1) is 9.35. The second-order valence-corrected chi connectivity index (χ2v) is 8.02. The van der Waals surface area contributed by atoms with Gasteiger partial charge in [0.05, 0.1) is 15.8 Å². The maximum absolute atomic E-state index is 11.2. The Kier molecular flexibility index (Phi) is 5.12. The molecule has 0 atom stereocenters. The molecule has 0 unspecified atom stereocenters. The summed E-state index contributed by atoms with van der Waals surface area (Å²) < 4.78 is 22.3.